The first-order valence-electron chi connectivity index (χ1n) is 22.8. The van der Waals surface area contributed by atoms with Crippen LogP contribution in [-0.4, -0.2) is 9.97 Å². The van der Waals surface area contributed by atoms with Crippen molar-refractivity contribution in [2.45, 2.75) is 45.4 Å². The number of furan rings is 1. The van der Waals surface area contributed by atoms with Crippen molar-refractivity contribution in [3.63, 3.8) is 0 Å². The number of nitrogens with zero attached hydrogens (tertiary/aromatic N) is 3. The first-order valence-corrected chi connectivity index (χ1v) is 22.8. The summed E-state index contributed by atoms with van der Waals surface area (Å²) in [6.07, 6.45) is 3.87. The summed E-state index contributed by atoms with van der Waals surface area (Å²) in [5, 5.41) is 10.4. The van der Waals surface area contributed by atoms with Crippen molar-refractivity contribution in [2.75, 3.05) is 10.2 Å². The van der Waals surface area contributed by atoms with Crippen molar-refractivity contribution in [2.24, 2.45) is 0 Å². The van der Waals surface area contributed by atoms with Crippen molar-refractivity contribution < 1.29 is 4.42 Å². The van der Waals surface area contributed by atoms with Crippen LogP contribution in [0.3, 0.4) is 0 Å². The molecule has 0 unspecified atom stereocenters. The van der Waals surface area contributed by atoms with E-state index >= 15 is 0 Å². The molecule has 11 aromatic rings. The van der Waals surface area contributed by atoms with Crippen LogP contribution in [0.1, 0.15) is 59.7 Å². The lowest BCUT2D eigenvalue weighted by molar-refractivity contribution is 0.590. The fraction of sp³-hybridized carbons (Fsp3) is 0.115. The predicted molar refractivity (Wildman–Crippen MR) is 274 cm³/mol. The topological polar surface area (TPSA) is 54.2 Å². The second kappa shape index (κ2) is 15.0. The van der Waals surface area contributed by atoms with Gasteiger partial charge in [0.25, 0.3) is 0 Å². The average Bonchev–Trinajstić information content (AvgIpc) is 3.89. The fourth-order valence-electron chi connectivity index (χ4n) is 10.6. The average molecular weight is 853 g/mol. The largest absolute Gasteiger partial charge is 0.455 e. The van der Waals surface area contributed by atoms with Crippen molar-refractivity contribution in [1.29, 1.82) is 0 Å². The molecular weight excluding hydrogens is 805 g/mol. The number of rotatable bonds is 7. The van der Waals surface area contributed by atoms with E-state index < -0.39 is 5.41 Å². The Kier molecular flexibility index (Phi) is 9.01. The number of aromatic nitrogens is 2. The van der Waals surface area contributed by atoms with Crippen LogP contribution in [0.2, 0.25) is 0 Å². The van der Waals surface area contributed by atoms with E-state index in [1.807, 2.05) is 18.5 Å². The highest BCUT2D eigenvalue weighted by molar-refractivity contribution is 6.26. The first-order chi connectivity index (χ1) is 32.2. The van der Waals surface area contributed by atoms with E-state index in [9.17, 15) is 0 Å². The standard InChI is InChI=1S/C61H48N4O/c1-38-24-32-53(62-36-38)64-43-28-31-47-49(34-43)45-20-12-13-21-46(45)56-57-50(61(58(47)56,41-16-8-6-9-17-41)42-18-10-7-11-19-42)35-51(55-48-22-14-15-23-52(48)66-59(55)57)65(54-33-25-39(2)37-63-54)44-29-26-40(27-30-44)60(3,4)5/h6-37H,1-5H3,(H,62,64). The van der Waals surface area contributed by atoms with Gasteiger partial charge in [-0.2, -0.15) is 0 Å². The van der Waals surface area contributed by atoms with Gasteiger partial charge in [0.15, 0.2) is 0 Å². The van der Waals surface area contributed by atoms with E-state index in [1.54, 1.807) is 0 Å². The molecule has 1 aliphatic rings. The summed E-state index contributed by atoms with van der Waals surface area (Å²) < 4.78 is 7.35. The number of hydrogen-bond donors (Lipinski definition) is 1. The first kappa shape index (κ1) is 39.6. The number of pyridine rings is 2. The lowest BCUT2D eigenvalue weighted by Gasteiger charge is -2.36. The van der Waals surface area contributed by atoms with E-state index in [0.717, 1.165) is 78.3 Å². The maximum atomic E-state index is 7.35. The molecule has 0 radical (unpaired) electrons. The summed E-state index contributed by atoms with van der Waals surface area (Å²) in [7, 11) is 0. The highest BCUT2D eigenvalue weighted by Crippen LogP contribution is 2.64. The number of hydrogen-bond acceptors (Lipinski definition) is 5. The molecular formula is C61H48N4O. The van der Waals surface area contributed by atoms with E-state index in [4.69, 9.17) is 14.4 Å². The highest BCUT2D eigenvalue weighted by Gasteiger charge is 2.50. The van der Waals surface area contributed by atoms with Crippen LogP contribution in [0.4, 0.5) is 28.7 Å². The molecule has 0 aliphatic heterocycles. The second-order valence-corrected chi connectivity index (χ2v) is 18.8. The van der Waals surface area contributed by atoms with Crippen LogP contribution < -0.4 is 10.2 Å². The zero-order valence-corrected chi connectivity index (χ0v) is 37.7. The number of benzene rings is 8. The van der Waals surface area contributed by atoms with Crippen molar-refractivity contribution in [1.82, 2.24) is 9.97 Å². The number of anilines is 5. The minimum absolute atomic E-state index is 0.0102. The van der Waals surface area contributed by atoms with Gasteiger partial charge in [0.1, 0.15) is 22.8 Å². The van der Waals surface area contributed by atoms with Crippen LogP contribution in [0.25, 0.3) is 54.6 Å². The van der Waals surface area contributed by atoms with Crippen LogP contribution in [-0.2, 0) is 10.8 Å². The number of aryl methyl sites for hydroxylation is 2. The Bertz CT molecular complexity index is 3600. The summed E-state index contributed by atoms with van der Waals surface area (Å²) in [6.45, 7) is 10.9. The molecule has 5 nitrogen and oxygen atoms in total. The Labute approximate surface area is 385 Å². The molecule has 3 aromatic heterocycles. The molecule has 0 saturated heterocycles. The SMILES string of the molecule is Cc1ccc(Nc2ccc3c4c(c5ccccc5c3c2)-c2c(cc(N(c3ccc(C(C)(C)C)cc3)c3ccc(C)cn3)c3c2oc2ccccc23)C4(c2ccccc2)c2ccccc2)nc1. The van der Waals surface area contributed by atoms with Crippen molar-refractivity contribution >= 4 is 72.2 Å². The third-order valence-electron chi connectivity index (χ3n) is 13.6. The molecule has 318 valence electrons. The van der Waals surface area contributed by atoms with Gasteiger partial charge in [-0.15, -0.1) is 0 Å². The van der Waals surface area contributed by atoms with Gasteiger partial charge in [-0.3, -0.25) is 4.90 Å². The van der Waals surface area contributed by atoms with Crippen LogP contribution in [0.15, 0.2) is 199 Å². The van der Waals surface area contributed by atoms with Crippen LogP contribution >= 0.6 is 0 Å². The Hall–Kier alpha value is -8.02. The minimum atomic E-state index is -0.784. The summed E-state index contributed by atoms with van der Waals surface area (Å²) in [5.74, 6) is 1.64. The molecule has 0 fully saturated rings. The lowest BCUT2D eigenvalue weighted by atomic mass is 9.66. The van der Waals surface area contributed by atoms with Gasteiger partial charge in [0.05, 0.1) is 16.5 Å². The molecule has 0 amide bonds. The molecule has 0 bridgehead atoms. The third kappa shape index (κ3) is 6.07. The maximum absolute atomic E-state index is 7.35. The van der Waals surface area contributed by atoms with E-state index in [1.165, 1.54) is 44.0 Å². The number of fused-ring (bicyclic) bond motifs is 12. The number of para-hydroxylation sites is 1. The molecule has 0 spiro atoms. The molecule has 5 heteroatoms. The monoisotopic (exact) mass is 852 g/mol. The van der Waals surface area contributed by atoms with Crippen LogP contribution in [0, 0.1) is 13.8 Å². The third-order valence-corrected chi connectivity index (χ3v) is 13.6. The van der Waals surface area contributed by atoms with Gasteiger partial charge in [-0.05, 0) is 134 Å². The Morgan fingerprint density at radius 2 is 1.18 bits per heavy atom. The van der Waals surface area contributed by atoms with Crippen molar-refractivity contribution in [3.05, 3.63) is 233 Å². The summed E-state index contributed by atoms with van der Waals surface area (Å²) in [6, 6.07) is 66.3. The van der Waals surface area contributed by atoms with Crippen LogP contribution in [0.5, 0.6) is 0 Å². The highest BCUT2D eigenvalue weighted by atomic mass is 16.3. The van der Waals surface area contributed by atoms with E-state index in [-0.39, 0.29) is 5.41 Å². The number of nitrogens with one attached hydrogen (secondary N) is 1. The molecule has 3 heterocycles. The van der Waals surface area contributed by atoms with Gasteiger partial charge in [0.2, 0.25) is 0 Å². The Morgan fingerprint density at radius 3 is 1.83 bits per heavy atom. The van der Waals surface area contributed by atoms with Gasteiger partial charge < -0.3 is 9.73 Å². The summed E-state index contributed by atoms with van der Waals surface area (Å²) in [4.78, 5) is 12.2. The second-order valence-electron chi connectivity index (χ2n) is 18.8. The lowest BCUT2D eigenvalue weighted by Crippen LogP contribution is -2.29. The predicted octanol–water partition coefficient (Wildman–Crippen LogP) is 16.2. The zero-order valence-electron chi connectivity index (χ0n) is 37.7. The fourth-order valence-corrected chi connectivity index (χ4v) is 10.6. The summed E-state index contributed by atoms with van der Waals surface area (Å²) >= 11 is 0. The van der Waals surface area contributed by atoms with Gasteiger partial charge in [-0.25, -0.2) is 9.97 Å². The smallest absolute Gasteiger partial charge is 0.145 e. The quantitative estimate of drug-likeness (QED) is 0.162. The molecule has 66 heavy (non-hydrogen) atoms. The van der Waals surface area contributed by atoms with Crippen molar-refractivity contribution in [3.8, 4) is 11.1 Å². The minimum Gasteiger partial charge on any atom is -0.455 e. The molecule has 8 aromatic carbocycles. The van der Waals surface area contributed by atoms with Gasteiger partial charge in [-0.1, -0.05) is 154 Å². The molecule has 1 aliphatic carbocycles. The summed E-state index contributed by atoms with van der Waals surface area (Å²) in [5.41, 5.74) is 14.4. The zero-order chi connectivity index (χ0) is 44.7. The molecule has 0 atom stereocenters. The Balaban J connectivity index is 1.26. The molecule has 1 N–H and O–H groups in total. The molecule has 12 rings (SSSR count). The van der Waals surface area contributed by atoms with E-state index in [2.05, 4.69) is 221 Å². The molecule has 0 saturated carbocycles. The van der Waals surface area contributed by atoms with Gasteiger partial charge in [0, 0.05) is 34.7 Å². The normalized spacial score (nSPS) is 13.0. The maximum Gasteiger partial charge on any atom is 0.145 e. The van der Waals surface area contributed by atoms with E-state index in [0.29, 0.717) is 0 Å². The van der Waals surface area contributed by atoms with Gasteiger partial charge >= 0.3 is 0 Å². The Morgan fingerprint density at radius 1 is 0.545 bits per heavy atom.